The van der Waals surface area contributed by atoms with Crippen LogP contribution in [0.4, 0.5) is 13.2 Å². The maximum atomic E-state index is 12.9. The molecule has 1 aromatic heterocycles. The van der Waals surface area contributed by atoms with Crippen molar-refractivity contribution in [1.29, 1.82) is 0 Å². The first-order valence-corrected chi connectivity index (χ1v) is 12.7. The fraction of sp³-hybridized carbons (Fsp3) is 0.364. The van der Waals surface area contributed by atoms with Crippen molar-refractivity contribution < 1.29 is 25.8 Å². The van der Waals surface area contributed by atoms with Crippen LogP contribution in [0.1, 0.15) is 35.2 Å². The van der Waals surface area contributed by atoms with Gasteiger partial charge in [-0.3, -0.25) is 0 Å². The topological polar surface area (TPSA) is 69.2 Å². The van der Waals surface area contributed by atoms with Crippen LogP contribution in [0.15, 0.2) is 41.6 Å². The van der Waals surface area contributed by atoms with Crippen LogP contribution in [0.5, 0.6) is 5.88 Å². The van der Waals surface area contributed by atoms with Crippen molar-refractivity contribution in [2.24, 2.45) is 0 Å². The van der Waals surface area contributed by atoms with Gasteiger partial charge in [-0.05, 0) is 60.3 Å². The molecule has 0 aliphatic heterocycles. The highest BCUT2D eigenvalue weighted by atomic mass is 32.2. The minimum atomic E-state index is -5.81. The largest absolute Gasteiger partial charge is 0.534 e. The lowest BCUT2D eigenvalue weighted by molar-refractivity contribution is -0.0502. The van der Waals surface area contributed by atoms with Gasteiger partial charge in [-0.2, -0.15) is 26.6 Å². The van der Waals surface area contributed by atoms with Gasteiger partial charge in [-0.15, -0.1) is 0 Å². The molecule has 1 unspecified atom stereocenters. The molecule has 5 rings (SSSR count). The summed E-state index contributed by atoms with van der Waals surface area (Å²) in [6.45, 7) is 0. The van der Waals surface area contributed by atoms with Crippen molar-refractivity contribution in [3.63, 3.8) is 0 Å². The van der Waals surface area contributed by atoms with Crippen LogP contribution >= 0.6 is 11.8 Å². The van der Waals surface area contributed by atoms with E-state index in [4.69, 9.17) is 0 Å². The summed E-state index contributed by atoms with van der Waals surface area (Å²) in [7, 11) is -5.81. The van der Waals surface area contributed by atoms with Crippen molar-refractivity contribution in [2.45, 2.75) is 48.2 Å². The summed E-state index contributed by atoms with van der Waals surface area (Å²) in [4.78, 5) is 8.51. The van der Waals surface area contributed by atoms with Crippen molar-refractivity contribution in [3.8, 4) is 5.88 Å². The lowest BCUT2D eigenvalue weighted by atomic mass is 9.62. The Kier molecular flexibility index (Phi) is 4.94. The highest BCUT2D eigenvalue weighted by Gasteiger charge is 2.50. The van der Waals surface area contributed by atoms with Crippen molar-refractivity contribution in [2.75, 3.05) is 6.26 Å². The van der Waals surface area contributed by atoms with E-state index in [9.17, 15) is 21.6 Å². The Hall–Kier alpha value is -2.33. The Morgan fingerprint density at radius 2 is 1.78 bits per heavy atom. The monoisotopic (exact) mass is 480 g/mol. The fourth-order valence-corrected chi connectivity index (χ4v) is 5.80. The third-order valence-corrected chi connectivity index (χ3v) is 7.98. The molecule has 0 N–H and O–H groups in total. The molecule has 1 spiro atoms. The second kappa shape index (κ2) is 7.34. The predicted molar refractivity (Wildman–Crippen MR) is 115 cm³/mol. The summed E-state index contributed by atoms with van der Waals surface area (Å²) in [5.74, 6) is -0.513. The summed E-state index contributed by atoms with van der Waals surface area (Å²) < 4.78 is 66.6. The second-order valence-corrected chi connectivity index (χ2v) is 10.5. The van der Waals surface area contributed by atoms with E-state index in [1.807, 2.05) is 6.07 Å². The summed E-state index contributed by atoms with van der Waals surface area (Å²) in [5, 5.41) is 2.58. The average molecular weight is 481 g/mol. The van der Waals surface area contributed by atoms with Crippen LogP contribution in [-0.4, -0.2) is 30.1 Å². The third kappa shape index (κ3) is 3.35. The van der Waals surface area contributed by atoms with Gasteiger partial charge in [0.1, 0.15) is 0 Å². The normalized spacial score (nSPS) is 20.4. The van der Waals surface area contributed by atoms with Gasteiger partial charge in [0.15, 0.2) is 5.16 Å². The molecular formula is C22H19F3N2O3S2. The number of nitrogens with zero attached hydrogens (tertiary/aromatic N) is 2. The summed E-state index contributed by atoms with van der Waals surface area (Å²) in [6.07, 6.45) is 4.95. The van der Waals surface area contributed by atoms with Gasteiger partial charge >= 0.3 is 15.6 Å². The minimum absolute atomic E-state index is 0.183. The standard InChI is InChI=1S/C22H19F3N2O3S2/c1-31-20-26-17-12-21(10-8-14-5-2-4-13-6-3-7-16(21)18(13)14)11-9-15(17)19(27-20)30-32(28,29)22(23,24)25/h2-7H,8-12H2,1H3. The van der Waals surface area contributed by atoms with Crippen LogP contribution in [-0.2, 0) is 34.8 Å². The van der Waals surface area contributed by atoms with Crippen molar-refractivity contribution in [1.82, 2.24) is 9.97 Å². The van der Waals surface area contributed by atoms with Crippen LogP contribution in [0.2, 0.25) is 0 Å². The molecule has 5 nitrogen and oxygen atoms in total. The molecule has 2 aliphatic carbocycles. The van der Waals surface area contributed by atoms with Crippen LogP contribution in [0, 0.1) is 0 Å². The molecule has 168 valence electrons. The number of fused-ring (bicyclic) bond motifs is 2. The molecule has 0 saturated carbocycles. The molecule has 3 aromatic rings. The molecular weight excluding hydrogens is 461 g/mol. The van der Waals surface area contributed by atoms with Crippen LogP contribution < -0.4 is 4.18 Å². The van der Waals surface area contributed by atoms with E-state index >= 15 is 0 Å². The van der Waals surface area contributed by atoms with Gasteiger partial charge in [0.05, 0.1) is 5.69 Å². The number of rotatable bonds is 3. The van der Waals surface area contributed by atoms with Gasteiger partial charge in [0, 0.05) is 11.0 Å². The van der Waals surface area contributed by atoms with Gasteiger partial charge in [0.2, 0.25) is 5.88 Å². The first-order valence-electron chi connectivity index (χ1n) is 10.1. The molecule has 2 aliphatic rings. The van der Waals surface area contributed by atoms with E-state index in [0.717, 1.165) is 30.0 Å². The first kappa shape index (κ1) is 21.5. The smallest absolute Gasteiger partial charge is 0.355 e. The number of hydrogen-bond donors (Lipinski definition) is 0. The third-order valence-electron chi connectivity index (χ3n) is 6.48. The number of halogens is 3. The zero-order valence-electron chi connectivity index (χ0n) is 17.1. The maximum absolute atomic E-state index is 12.9. The lowest BCUT2D eigenvalue weighted by Gasteiger charge is -2.42. The minimum Gasteiger partial charge on any atom is -0.355 e. The summed E-state index contributed by atoms with van der Waals surface area (Å²) >= 11 is 1.13. The molecule has 0 radical (unpaired) electrons. The molecule has 32 heavy (non-hydrogen) atoms. The van der Waals surface area contributed by atoms with Gasteiger partial charge < -0.3 is 4.18 Å². The van der Waals surface area contributed by atoms with E-state index in [-0.39, 0.29) is 10.6 Å². The van der Waals surface area contributed by atoms with Gasteiger partial charge in [-0.25, -0.2) is 4.98 Å². The molecule has 2 aromatic carbocycles. The predicted octanol–water partition coefficient (Wildman–Crippen LogP) is 4.95. The Balaban J connectivity index is 1.61. The Morgan fingerprint density at radius 3 is 2.50 bits per heavy atom. The first-order chi connectivity index (χ1) is 15.1. The quantitative estimate of drug-likeness (QED) is 0.229. The molecule has 0 amide bonds. The molecule has 0 saturated heterocycles. The molecule has 0 fully saturated rings. The Bertz CT molecular complexity index is 1340. The van der Waals surface area contributed by atoms with E-state index in [1.54, 1.807) is 6.26 Å². The Morgan fingerprint density at radius 1 is 1.06 bits per heavy atom. The summed E-state index contributed by atoms with van der Waals surface area (Å²) in [5.41, 5.74) is -2.33. The van der Waals surface area contributed by atoms with Gasteiger partial charge in [-0.1, -0.05) is 48.2 Å². The van der Waals surface area contributed by atoms with E-state index in [2.05, 4.69) is 44.5 Å². The average Bonchev–Trinajstić information content (AvgIpc) is 2.75. The van der Waals surface area contributed by atoms with Crippen LogP contribution in [0.3, 0.4) is 0 Å². The van der Waals surface area contributed by atoms with E-state index in [1.165, 1.54) is 16.5 Å². The molecule has 1 heterocycles. The second-order valence-electron chi connectivity index (χ2n) is 8.20. The van der Waals surface area contributed by atoms with Crippen molar-refractivity contribution >= 4 is 32.7 Å². The fourth-order valence-electron chi connectivity index (χ4n) is 4.99. The highest BCUT2D eigenvalue weighted by Crippen LogP contribution is 2.49. The highest BCUT2D eigenvalue weighted by molar-refractivity contribution is 7.98. The molecule has 1 atom stereocenters. The van der Waals surface area contributed by atoms with E-state index < -0.39 is 21.5 Å². The Labute approximate surface area is 187 Å². The number of thioether (sulfide) groups is 1. The summed E-state index contributed by atoms with van der Waals surface area (Å²) in [6, 6.07) is 12.5. The van der Waals surface area contributed by atoms with E-state index in [0.29, 0.717) is 30.5 Å². The number of alkyl halides is 3. The zero-order valence-corrected chi connectivity index (χ0v) is 18.7. The molecule has 10 heteroatoms. The van der Waals surface area contributed by atoms with Crippen molar-refractivity contribution in [3.05, 3.63) is 58.8 Å². The SMILES string of the molecule is CSc1nc2c(c(OS(=O)(=O)C(F)(F)F)n1)CCC1(CCc3cccc4cccc1c34)C2. The number of hydrogen-bond acceptors (Lipinski definition) is 6. The lowest BCUT2D eigenvalue weighted by Crippen LogP contribution is -2.37. The zero-order chi connectivity index (χ0) is 22.7. The number of aromatic nitrogens is 2. The number of benzene rings is 2. The van der Waals surface area contributed by atoms with Crippen LogP contribution in [0.25, 0.3) is 10.8 Å². The maximum Gasteiger partial charge on any atom is 0.534 e. The number of aryl methyl sites for hydroxylation is 1. The molecule has 0 bridgehead atoms. The van der Waals surface area contributed by atoms with Gasteiger partial charge in [0.25, 0.3) is 0 Å².